The van der Waals surface area contributed by atoms with Crippen molar-refractivity contribution in [2.75, 3.05) is 17.6 Å². The van der Waals surface area contributed by atoms with Gasteiger partial charge in [-0.25, -0.2) is 4.39 Å². The van der Waals surface area contributed by atoms with E-state index in [9.17, 15) is 9.18 Å². The van der Waals surface area contributed by atoms with Crippen molar-refractivity contribution in [3.05, 3.63) is 24.0 Å². The van der Waals surface area contributed by atoms with Crippen molar-refractivity contribution < 1.29 is 9.18 Å². The molecule has 0 saturated carbocycles. The lowest BCUT2D eigenvalue weighted by Gasteiger charge is -2.14. The summed E-state index contributed by atoms with van der Waals surface area (Å²) in [6, 6.07) is 3.67. The summed E-state index contributed by atoms with van der Waals surface area (Å²) in [6.45, 7) is 4.10. The van der Waals surface area contributed by atoms with E-state index >= 15 is 0 Å². The SMILES string of the molecule is CCNC(=O)C(C)Nc1cc(N)cc(F)c1. The summed E-state index contributed by atoms with van der Waals surface area (Å²) in [5.41, 5.74) is 6.31. The maximum Gasteiger partial charge on any atom is 0.242 e. The number of amides is 1. The molecule has 1 aromatic carbocycles. The molecule has 88 valence electrons. The van der Waals surface area contributed by atoms with Crippen molar-refractivity contribution in [2.24, 2.45) is 0 Å². The van der Waals surface area contributed by atoms with Crippen molar-refractivity contribution in [1.82, 2.24) is 5.32 Å². The zero-order valence-corrected chi connectivity index (χ0v) is 9.38. The van der Waals surface area contributed by atoms with E-state index < -0.39 is 11.9 Å². The van der Waals surface area contributed by atoms with E-state index in [2.05, 4.69) is 10.6 Å². The third-order valence-corrected chi connectivity index (χ3v) is 2.05. The second kappa shape index (κ2) is 5.34. The van der Waals surface area contributed by atoms with Crippen LogP contribution in [0, 0.1) is 5.82 Å². The van der Waals surface area contributed by atoms with E-state index in [1.54, 1.807) is 13.0 Å². The van der Waals surface area contributed by atoms with Crippen LogP contribution in [0.25, 0.3) is 0 Å². The van der Waals surface area contributed by atoms with Gasteiger partial charge in [0.05, 0.1) is 0 Å². The fourth-order valence-corrected chi connectivity index (χ4v) is 1.34. The average molecular weight is 225 g/mol. The van der Waals surface area contributed by atoms with Gasteiger partial charge in [0.25, 0.3) is 0 Å². The van der Waals surface area contributed by atoms with Crippen LogP contribution in [-0.4, -0.2) is 18.5 Å². The summed E-state index contributed by atoms with van der Waals surface area (Å²) in [4.78, 5) is 11.4. The van der Waals surface area contributed by atoms with Crippen molar-refractivity contribution in [3.8, 4) is 0 Å². The number of anilines is 2. The van der Waals surface area contributed by atoms with Crippen LogP contribution in [0.1, 0.15) is 13.8 Å². The van der Waals surface area contributed by atoms with Crippen LogP contribution in [0.3, 0.4) is 0 Å². The number of nitrogens with two attached hydrogens (primary N) is 1. The van der Waals surface area contributed by atoms with Crippen molar-refractivity contribution in [3.63, 3.8) is 0 Å². The molecular formula is C11H16FN3O. The largest absolute Gasteiger partial charge is 0.399 e. The topological polar surface area (TPSA) is 67.2 Å². The lowest BCUT2D eigenvalue weighted by atomic mass is 10.2. The Labute approximate surface area is 94.0 Å². The van der Waals surface area contributed by atoms with Gasteiger partial charge in [-0.2, -0.15) is 0 Å². The Balaban J connectivity index is 2.69. The highest BCUT2D eigenvalue weighted by Gasteiger charge is 2.11. The average Bonchev–Trinajstić information content (AvgIpc) is 2.16. The van der Waals surface area contributed by atoms with Gasteiger partial charge in [-0.3, -0.25) is 4.79 Å². The normalized spacial score (nSPS) is 11.9. The van der Waals surface area contributed by atoms with Gasteiger partial charge in [-0.05, 0) is 32.0 Å². The molecule has 4 N–H and O–H groups in total. The summed E-state index contributed by atoms with van der Waals surface area (Å²) in [5.74, 6) is -0.559. The Morgan fingerprint density at radius 1 is 1.50 bits per heavy atom. The molecule has 1 unspecified atom stereocenters. The number of benzene rings is 1. The molecule has 16 heavy (non-hydrogen) atoms. The summed E-state index contributed by atoms with van der Waals surface area (Å²) in [7, 11) is 0. The Morgan fingerprint density at radius 2 is 2.19 bits per heavy atom. The number of rotatable bonds is 4. The minimum absolute atomic E-state index is 0.134. The highest BCUT2D eigenvalue weighted by atomic mass is 19.1. The molecule has 1 aromatic rings. The van der Waals surface area contributed by atoms with Crippen molar-refractivity contribution >= 4 is 17.3 Å². The number of hydrogen-bond donors (Lipinski definition) is 3. The van der Waals surface area contributed by atoms with E-state index in [1.165, 1.54) is 12.1 Å². The molecule has 0 aromatic heterocycles. The van der Waals surface area contributed by atoms with Gasteiger partial charge in [0, 0.05) is 17.9 Å². The molecule has 0 radical (unpaired) electrons. The van der Waals surface area contributed by atoms with Gasteiger partial charge in [-0.1, -0.05) is 0 Å². The van der Waals surface area contributed by atoms with Crippen molar-refractivity contribution in [1.29, 1.82) is 0 Å². The number of halogens is 1. The van der Waals surface area contributed by atoms with Crippen LogP contribution in [0.5, 0.6) is 0 Å². The highest BCUT2D eigenvalue weighted by molar-refractivity contribution is 5.84. The molecule has 0 heterocycles. The zero-order valence-electron chi connectivity index (χ0n) is 9.38. The first kappa shape index (κ1) is 12.3. The molecule has 0 spiro atoms. The number of nitrogen functional groups attached to an aromatic ring is 1. The summed E-state index contributed by atoms with van der Waals surface area (Å²) < 4.78 is 13.0. The molecule has 1 rings (SSSR count). The molecule has 0 fully saturated rings. The van der Waals surface area contributed by atoms with Gasteiger partial charge in [0.15, 0.2) is 0 Å². The van der Waals surface area contributed by atoms with Gasteiger partial charge < -0.3 is 16.4 Å². The molecule has 0 aliphatic carbocycles. The molecule has 1 atom stereocenters. The van der Waals surface area contributed by atoms with Crippen molar-refractivity contribution in [2.45, 2.75) is 19.9 Å². The van der Waals surface area contributed by atoms with E-state index in [-0.39, 0.29) is 5.91 Å². The lowest BCUT2D eigenvalue weighted by Crippen LogP contribution is -2.37. The maximum absolute atomic E-state index is 13.0. The fourth-order valence-electron chi connectivity index (χ4n) is 1.34. The quantitative estimate of drug-likeness (QED) is 0.677. The number of likely N-dealkylation sites (N-methyl/N-ethyl adjacent to an activating group) is 1. The van der Waals surface area contributed by atoms with Gasteiger partial charge in [0.2, 0.25) is 5.91 Å². The molecule has 5 heteroatoms. The lowest BCUT2D eigenvalue weighted by molar-refractivity contribution is -0.121. The van der Waals surface area contributed by atoms with Gasteiger partial charge in [0.1, 0.15) is 11.9 Å². The Kier molecular flexibility index (Phi) is 4.10. The van der Waals surface area contributed by atoms with Crippen LogP contribution in [0.2, 0.25) is 0 Å². The van der Waals surface area contributed by atoms with E-state index in [4.69, 9.17) is 5.73 Å². The molecule has 0 saturated heterocycles. The second-order valence-electron chi connectivity index (χ2n) is 3.53. The summed E-state index contributed by atoms with van der Waals surface area (Å²) in [5, 5.41) is 5.54. The molecule has 4 nitrogen and oxygen atoms in total. The van der Waals surface area contributed by atoms with Crippen LogP contribution in [-0.2, 0) is 4.79 Å². The number of carbonyl (C=O) groups is 1. The third-order valence-electron chi connectivity index (χ3n) is 2.05. The number of hydrogen-bond acceptors (Lipinski definition) is 3. The summed E-state index contributed by atoms with van der Waals surface area (Å²) in [6.07, 6.45) is 0. The van der Waals surface area contributed by atoms with E-state index in [0.717, 1.165) is 0 Å². The molecular weight excluding hydrogens is 209 g/mol. The molecule has 0 bridgehead atoms. The minimum atomic E-state index is -0.429. The van der Waals surface area contributed by atoms with Gasteiger partial charge in [-0.15, -0.1) is 0 Å². The second-order valence-corrected chi connectivity index (χ2v) is 3.53. The third kappa shape index (κ3) is 3.42. The first-order chi connectivity index (χ1) is 7.52. The summed E-state index contributed by atoms with van der Waals surface area (Å²) >= 11 is 0. The van der Waals surface area contributed by atoms with Crippen LogP contribution >= 0.6 is 0 Å². The predicted octanol–water partition coefficient (Wildman–Crippen LogP) is 1.34. The van der Waals surface area contributed by atoms with Crippen LogP contribution in [0.4, 0.5) is 15.8 Å². The predicted molar refractivity (Wildman–Crippen MR) is 62.6 cm³/mol. The monoisotopic (exact) mass is 225 g/mol. The standard InChI is InChI=1S/C11H16FN3O/c1-3-14-11(16)7(2)15-10-5-8(12)4-9(13)6-10/h4-7,15H,3,13H2,1-2H3,(H,14,16). The molecule has 1 amide bonds. The maximum atomic E-state index is 13.0. The van der Waals surface area contributed by atoms with Gasteiger partial charge >= 0.3 is 0 Å². The molecule has 0 aliphatic rings. The van der Waals surface area contributed by atoms with E-state index in [1.807, 2.05) is 6.92 Å². The van der Waals surface area contributed by atoms with E-state index in [0.29, 0.717) is 17.9 Å². The minimum Gasteiger partial charge on any atom is -0.399 e. The Morgan fingerprint density at radius 3 is 2.75 bits per heavy atom. The number of carbonyl (C=O) groups excluding carboxylic acids is 1. The number of nitrogens with one attached hydrogen (secondary N) is 2. The van der Waals surface area contributed by atoms with Crippen LogP contribution < -0.4 is 16.4 Å². The fraction of sp³-hybridized carbons (Fsp3) is 0.364. The molecule has 0 aliphatic heterocycles. The first-order valence-corrected chi connectivity index (χ1v) is 5.13. The highest BCUT2D eigenvalue weighted by Crippen LogP contribution is 2.16. The Hall–Kier alpha value is -1.78. The first-order valence-electron chi connectivity index (χ1n) is 5.13. The Bertz CT molecular complexity index is 361. The smallest absolute Gasteiger partial charge is 0.242 e. The zero-order chi connectivity index (χ0) is 12.1. The van der Waals surface area contributed by atoms with Crippen LogP contribution in [0.15, 0.2) is 18.2 Å².